The van der Waals surface area contributed by atoms with Crippen molar-refractivity contribution in [3.05, 3.63) is 70.9 Å². The minimum atomic E-state index is -3.73. The molecule has 0 unspecified atom stereocenters. The standard InChI is InChI=1S/C25H29N3O4S2/c1-17-9-10-18(15-21(17)34(30,31)28-11-13-32-14-12-28)24(29)26-23(33)16-22-25(2,3)19-7-5-6-8-20(19)27(22)4/h5-10,15-16H,11-14H2,1-4H3,(H,26,29,33)/b22-16+. The maximum absolute atomic E-state index is 13.1. The number of thiocarbonyl (C=S) groups is 1. The van der Waals surface area contributed by atoms with Crippen LogP contribution in [0.25, 0.3) is 0 Å². The van der Waals surface area contributed by atoms with Crippen LogP contribution >= 0.6 is 12.2 Å². The van der Waals surface area contributed by atoms with Gasteiger partial charge in [0.25, 0.3) is 5.91 Å². The van der Waals surface area contributed by atoms with Crippen molar-refractivity contribution >= 4 is 38.8 Å². The highest BCUT2D eigenvalue weighted by Gasteiger charge is 2.38. The molecule has 9 heteroatoms. The Morgan fingerprint density at radius 3 is 2.50 bits per heavy atom. The summed E-state index contributed by atoms with van der Waals surface area (Å²) in [5.41, 5.74) is 3.81. The van der Waals surface area contributed by atoms with Gasteiger partial charge >= 0.3 is 0 Å². The number of carbonyl (C=O) groups is 1. The molecular formula is C25H29N3O4S2. The predicted octanol–water partition coefficient (Wildman–Crippen LogP) is 3.38. The first kappa shape index (κ1) is 24.5. The molecule has 7 nitrogen and oxygen atoms in total. The van der Waals surface area contributed by atoms with E-state index in [0.29, 0.717) is 31.9 Å². The molecule has 2 aliphatic heterocycles. The number of nitrogens with one attached hydrogen (secondary N) is 1. The van der Waals surface area contributed by atoms with Gasteiger partial charge in [0.15, 0.2) is 0 Å². The van der Waals surface area contributed by atoms with Gasteiger partial charge in [-0.1, -0.05) is 50.3 Å². The predicted molar refractivity (Wildman–Crippen MR) is 137 cm³/mol. The number of likely N-dealkylation sites (N-methyl/N-ethyl adjacent to an activating group) is 1. The maximum Gasteiger partial charge on any atom is 0.256 e. The first-order valence-corrected chi connectivity index (χ1v) is 13.0. The fourth-order valence-corrected chi connectivity index (χ4v) is 6.41. The third-order valence-electron chi connectivity index (χ3n) is 6.48. The van der Waals surface area contributed by atoms with Crippen LogP contribution in [0, 0.1) is 6.92 Å². The van der Waals surface area contributed by atoms with Crippen molar-refractivity contribution in [1.82, 2.24) is 9.62 Å². The number of ether oxygens (including phenoxy) is 1. The van der Waals surface area contributed by atoms with Gasteiger partial charge < -0.3 is 15.0 Å². The lowest BCUT2D eigenvalue weighted by atomic mass is 9.84. The summed E-state index contributed by atoms with van der Waals surface area (Å²) in [5, 5.41) is 2.75. The van der Waals surface area contributed by atoms with E-state index in [4.69, 9.17) is 17.0 Å². The number of carbonyl (C=O) groups excluding carboxylic acids is 1. The summed E-state index contributed by atoms with van der Waals surface area (Å²) in [6.45, 7) is 7.26. The van der Waals surface area contributed by atoms with Crippen LogP contribution in [0.2, 0.25) is 0 Å². The molecule has 2 aromatic rings. The summed E-state index contributed by atoms with van der Waals surface area (Å²) in [6, 6.07) is 12.8. The summed E-state index contributed by atoms with van der Waals surface area (Å²) in [5.74, 6) is -0.448. The van der Waals surface area contributed by atoms with Gasteiger partial charge in [0.2, 0.25) is 10.0 Å². The summed E-state index contributed by atoms with van der Waals surface area (Å²) in [6.07, 6.45) is 1.80. The normalized spacial score (nSPS) is 19.2. The highest BCUT2D eigenvalue weighted by Crippen LogP contribution is 2.46. The van der Waals surface area contributed by atoms with E-state index >= 15 is 0 Å². The average Bonchev–Trinajstić information content (AvgIpc) is 3.00. The molecule has 2 aliphatic rings. The smallest absolute Gasteiger partial charge is 0.256 e. The quantitative estimate of drug-likeness (QED) is 0.513. The molecule has 0 radical (unpaired) electrons. The van der Waals surface area contributed by atoms with E-state index in [1.807, 2.05) is 19.2 Å². The van der Waals surface area contributed by atoms with Crippen molar-refractivity contribution < 1.29 is 17.9 Å². The van der Waals surface area contributed by atoms with E-state index in [-0.39, 0.29) is 20.9 Å². The number of allylic oxidation sites excluding steroid dienone is 1. The Labute approximate surface area is 206 Å². The number of sulfonamides is 1. The molecule has 2 aromatic carbocycles. The molecule has 1 amide bonds. The second-order valence-electron chi connectivity index (χ2n) is 9.05. The molecule has 0 atom stereocenters. The number of nitrogens with zero attached hydrogens (tertiary/aromatic N) is 2. The molecule has 0 aromatic heterocycles. The fraction of sp³-hybridized carbons (Fsp3) is 0.360. The lowest BCUT2D eigenvalue weighted by molar-refractivity contribution is 0.0730. The SMILES string of the molecule is Cc1ccc(C(=O)NC(=S)/C=C2/N(C)c3ccccc3C2(C)C)cc1S(=O)(=O)N1CCOCC1. The molecule has 4 rings (SSSR count). The lowest BCUT2D eigenvalue weighted by Gasteiger charge is -2.26. The third-order valence-corrected chi connectivity index (χ3v) is 8.74. The topological polar surface area (TPSA) is 79.0 Å². The van der Waals surface area contributed by atoms with Crippen LogP contribution in [0.4, 0.5) is 5.69 Å². The third kappa shape index (κ3) is 4.40. The number of anilines is 1. The number of aryl methyl sites for hydroxylation is 1. The van der Waals surface area contributed by atoms with Gasteiger partial charge in [-0.2, -0.15) is 4.31 Å². The van der Waals surface area contributed by atoms with Crippen molar-refractivity contribution in [3.8, 4) is 0 Å². The molecule has 0 bridgehead atoms. The monoisotopic (exact) mass is 499 g/mol. The van der Waals surface area contributed by atoms with E-state index in [0.717, 1.165) is 11.4 Å². The van der Waals surface area contributed by atoms with Crippen molar-refractivity contribution in [2.24, 2.45) is 0 Å². The molecule has 0 saturated carbocycles. The zero-order valence-corrected chi connectivity index (χ0v) is 21.4. The molecule has 1 fully saturated rings. The Morgan fingerprint density at radius 1 is 1.15 bits per heavy atom. The maximum atomic E-state index is 13.1. The van der Waals surface area contributed by atoms with Crippen LogP contribution in [0.1, 0.15) is 35.3 Å². The Hall–Kier alpha value is -2.59. The van der Waals surface area contributed by atoms with Crippen LogP contribution in [0.5, 0.6) is 0 Å². The van der Waals surface area contributed by atoms with Gasteiger partial charge in [-0.15, -0.1) is 0 Å². The van der Waals surface area contributed by atoms with Gasteiger partial charge in [0, 0.05) is 42.5 Å². The van der Waals surface area contributed by atoms with E-state index < -0.39 is 15.9 Å². The number of hydrogen-bond donors (Lipinski definition) is 1. The van der Waals surface area contributed by atoms with E-state index in [1.54, 1.807) is 25.1 Å². The fourth-order valence-electron chi connectivity index (χ4n) is 4.55. The van der Waals surface area contributed by atoms with Crippen LogP contribution in [-0.2, 0) is 20.2 Å². The van der Waals surface area contributed by atoms with E-state index in [1.165, 1.54) is 15.9 Å². The minimum absolute atomic E-state index is 0.124. The first-order chi connectivity index (χ1) is 16.0. The Morgan fingerprint density at radius 2 is 1.82 bits per heavy atom. The number of benzene rings is 2. The number of rotatable bonds is 4. The molecule has 0 spiro atoms. The molecule has 1 saturated heterocycles. The summed E-state index contributed by atoms with van der Waals surface area (Å²) >= 11 is 5.49. The van der Waals surface area contributed by atoms with Gasteiger partial charge in [0.05, 0.1) is 18.1 Å². The van der Waals surface area contributed by atoms with Gasteiger partial charge in [-0.3, -0.25) is 4.79 Å². The van der Waals surface area contributed by atoms with E-state index in [9.17, 15) is 13.2 Å². The second kappa shape index (κ2) is 9.22. The Kier molecular flexibility index (Phi) is 6.65. The van der Waals surface area contributed by atoms with E-state index in [2.05, 4.69) is 36.2 Å². The van der Waals surface area contributed by atoms with Gasteiger partial charge in [-0.25, -0.2) is 8.42 Å². The largest absolute Gasteiger partial charge is 0.379 e. The molecule has 180 valence electrons. The zero-order chi connectivity index (χ0) is 24.7. The second-order valence-corrected chi connectivity index (χ2v) is 11.4. The number of fused-ring (bicyclic) bond motifs is 1. The number of hydrogen-bond acceptors (Lipinski definition) is 6. The van der Waals surface area contributed by atoms with Crippen molar-refractivity contribution in [3.63, 3.8) is 0 Å². The van der Waals surface area contributed by atoms with Gasteiger partial charge in [-0.05, 0) is 42.3 Å². The summed E-state index contributed by atoms with van der Waals surface area (Å²) in [4.78, 5) is 15.5. The Bertz CT molecular complexity index is 1280. The molecule has 1 N–H and O–H groups in total. The van der Waals surface area contributed by atoms with Crippen LogP contribution < -0.4 is 10.2 Å². The number of morpholine rings is 1. The van der Waals surface area contributed by atoms with Crippen LogP contribution in [0.15, 0.2) is 59.1 Å². The van der Waals surface area contributed by atoms with Crippen molar-refractivity contribution in [2.45, 2.75) is 31.1 Å². The highest BCUT2D eigenvalue weighted by molar-refractivity contribution is 7.89. The Balaban J connectivity index is 1.56. The number of amides is 1. The first-order valence-electron chi connectivity index (χ1n) is 11.1. The molecule has 2 heterocycles. The van der Waals surface area contributed by atoms with Crippen LogP contribution in [-0.4, -0.2) is 57.0 Å². The van der Waals surface area contributed by atoms with Crippen molar-refractivity contribution in [1.29, 1.82) is 0 Å². The lowest BCUT2D eigenvalue weighted by Crippen LogP contribution is -2.41. The van der Waals surface area contributed by atoms with Crippen molar-refractivity contribution in [2.75, 3.05) is 38.3 Å². The minimum Gasteiger partial charge on any atom is -0.379 e. The summed E-state index contributed by atoms with van der Waals surface area (Å²) < 4.78 is 33.0. The molecule has 0 aliphatic carbocycles. The van der Waals surface area contributed by atoms with Gasteiger partial charge in [0.1, 0.15) is 4.99 Å². The average molecular weight is 500 g/mol. The zero-order valence-electron chi connectivity index (χ0n) is 19.8. The highest BCUT2D eigenvalue weighted by atomic mass is 32.2. The number of para-hydroxylation sites is 1. The molecular weight excluding hydrogens is 470 g/mol. The van der Waals surface area contributed by atoms with Crippen LogP contribution in [0.3, 0.4) is 0 Å². The molecule has 34 heavy (non-hydrogen) atoms. The summed E-state index contributed by atoms with van der Waals surface area (Å²) in [7, 11) is -1.75.